The van der Waals surface area contributed by atoms with E-state index in [0.717, 1.165) is 7.11 Å². The number of nitrogen functional groups attached to an aromatic ring is 1. The highest BCUT2D eigenvalue weighted by molar-refractivity contribution is 5.81. The number of nitrogens with zero attached hydrogens (tertiary/aromatic N) is 4. The average Bonchev–Trinajstić information content (AvgIpc) is 3.45. The van der Waals surface area contributed by atoms with Crippen molar-refractivity contribution in [2.45, 2.75) is 75.0 Å². The maximum Gasteiger partial charge on any atom is 0.337 e. The number of aromatic nitrogens is 4. The molecule has 0 spiro atoms. The first-order valence-electron chi connectivity index (χ1n) is 11.7. The van der Waals surface area contributed by atoms with E-state index in [4.69, 9.17) is 34.2 Å². The van der Waals surface area contributed by atoms with Crippen molar-refractivity contribution in [1.29, 1.82) is 0 Å². The van der Waals surface area contributed by atoms with Gasteiger partial charge in [0.2, 0.25) is 5.79 Å². The molecule has 9 atom stereocenters. The van der Waals surface area contributed by atoms with Gasteiger partial charge in [0, 0.05) is 13.5 Å². The van der Waals surface area contributed by atoms with E-state index in [2.05, 4.69) is 15.0 Å². The van der Waals surface area contributed by atoms with Gasteiger partial charge >= 0.3 is 11.9 Å². The number of carbonyl (C=O) groups excluding carboxylic acids is 2. The Kier molecular flexibility index (Phi) is 6.54. The molecule has 3 fully saturated rings. The molecule has 15 heteroatoms. The van der Waals surface area contributed by atoms with E-state index in [1.54, 1.807) is 18.4 Å². The van der Waals surface area contributed by atoms with E-state index in [-0.39, 0.29) is 12.2 Å². The van der Waals surface area contributed by atoms with E-state index in [9.17, 15) is 19.8 Å². The summed E-state index contributed by atoms with van der Waals surface area (Å²) in [5, 5.41) is 22.6. The van der Waals surface area contributed by atoms with Crippen molar-refractivity contribution in [3.05, 3.63) is 12.7 Å². The first kappa shape index (κ1) is 25.7. The summed E-state index contributed by atoms with van der Waals surface area (Å²) in [4.78, 5) is 37.3. The monoisotopic (exact) mass is 523 g/mol. The molecule has 0 aromatic carbocycles. The van der Waals surface area contributed by atoms with Crippen molar-refractivity contribution in [2.75, 3.05) is 20.0 Å². The normalized spacial score (nSPS) is 37.3. The molecule has 3 aliphatic heterocycles. The van der Waals surface area contributed by atoms with Gasteiger partial charge in [-0.2, -0.15) is 0 Å². The van der Waals surface area contributed by atoms with Crippen LogP contribution in [-0.4, -0.2) is 104 Å². The van der Waals surface area contributed by atoms with Gasteiger partial charge in [0.15, 0.2) is 29.9 Å². The minimum atomic E-state index is -2.33. The third-order valence-electron chi connectivity index (χ3n) is 6.94. The predicted molar refractivity (Wildman–Crippen MR) is 120 cm³/mol. The number of nitrogens with two attached hydrogens (primary N) is 1. The fourth-order valence-corrected chi connectivity index (χ4v) is 5.04. The van der Waals surface area contributed by atoms with Gasteiger partial charge in [0.1, 0.15) is 36.3 Å². The summed E-state index contributed by atoms with van der Waals surface area (Å²) in [6.45, 7) is 3.18. The van der Waals surface area contributed by atoms with Crippen LogP contribution in [0.25, 0.3) is 11.2 Å². The predicted octanol–water partition coefficient (Wildman–Crippen LogP) is -1.33. The Morgan fingerprint density at radius 1 is 1.24 bits per heavy atom. The van der Waals surface area contributed by atoms with Crippen LogP contribution in [0.15, 0.2) is 12.7 Å². The summed E-state index contributed by atoms with van der Waals surface area (Å²) in [7, 11) is 2.57. The molecule has 0 radical (unpaired) electrons. The SMILES string of the molecule is COC(=O)[C@H]1O[C@@H]2C[C@H]3O[C@@H](n4cnc5c(N)ncnc54)[C@@H](OC)[C@@H]3O[C@]2(O)[C@@H](OC(=O)C(C)C)[C@@H]1O. The molecule has 0 unspecified atom stereocenters. The molecule has 3 saturated heterocycles. The van der Waals surface area contributed by atoms with Crippen LogP contribution >= 0.6 is 0 Å². The second kappa shape index (κ2) is 9.41. The van der Waals surface area contributed by atoms with Crippen LogP contribution in [0.3, 0.4) is 0 Å². The number of anilines is 1. The summed E-state index contributed by atoms with van der Waals surface area (Å²) in [5.41, 5.74) is 6.68. The molecule has 202 valence electrons. The zero-order valence-corrected chi connectivity index (χ0v) is 20.6. The zero-order chi connectivity index (χ0) is 26.6. The van der Waals surface area contributed by atoms with Crippen molar-refractivity contribution < 1.29 is 48.2 Å². The van der Waals surface area contributed by atoms with Gasteiger partial charge in [0.25, 0.3) is 0 Å². The maximum absolute atomic E-state index is 12.5. The molecule has 3 aliphatic rings. The number of rotatable bonds is 5. The molecular weight excluding hydrogens is 494 g/mol. The molecule has 15 nitrogen and oxygen atoms in total. The van der Waals surface area contributed by atoms with Crippen molar-refractivity contribution in [3.63, 3.8) is 0 Å². The molecule has 0 amide bonds. The number of imidazole rings is 1. The fraction of sp³-hybridized carbons (Fsp3) is 0.682. The number of carbonyl (C=O) groups is 2. The fourth-order valence-electron chi connectivity index (χ4n) is 5.04. The molecule has 37 heavy (non-hydrogen) atoms. The minimum Gasteiger partial charge on any atom is -0.467 e. The van der Waals surface area contributed by atoms with Crippen LogP contribution in [0.1, 0.15) is 26.5 Å². The summed E-state index contributed by atoms with van der Waals surface area (Å²) in [6.07, 6.45) is -6.58. The van der Waals surface area contributed by atoms with Crippen molar-refractivity contribution in [3.8, 4) is 0 Å². The van der Waals surface area contributed by atoms with E-state index in [0.29, 0.717) is 11.2 Å². The summed E-state index contributed by atoms with van der Waals surface area (Å²) < 4.78 is 35.6. The van der Waals surface area contributed by atoms with Crippen LogP contribution in [0.5, 0.6) is 0 Å². The number of methoxy groups -OCH3 is 2. The van der Waals surface area contributed by atoms with Crippen LogP contribution in [0.4, 0.5) is 5.82 Å². The Bertz CT molecular complexity index is 1190. The second-order valence-corrected chi connectivity index (χ2v) is 9.49. The van der Waals surface area contributed by atoms with Crippen LogP contribution in [-0.2, 0) is 38.0 Å². The van der Waals surface area contributed by atoms with Crippen LogP contribution < -0.4 is 5.73 Å². The van der Waals surface area contributed by atoms with Gasteiger partial charge in [-0.05, 0) is 0 Å². The largest absolute Gasteiger partial charge is 0.467 e. The maximum atomic E-state index is 12.5. The van der Waals surface area contributed by atoms with Crippen LogP contribution in [0, 0.1) is 5.92 Å². The van der Waals surface area contributed by atoms with Gasteiger partial charge in [-0.15, -0.1) is 0 Å². The molecule has 0 saturated carbocycles. The number of esters is 2. The smallest absolute Gasteiger partial charge is 0.337 e. The number of fused-ring (bicyclic) bond motifs is 3. The average molecular weight is 523 g/mol. The quantitative estimate of drug-likeness (QED) is 0.389. The first-order chi connectivity index (χ1) is 17.6. The Labute approximate surface area is 210 Å². The van der Waals surface area contributed by atoms with Gasteiger partial charge in [-0.25, -0.2) is 19.7 Å². The highest BCUT2D eigenvalue weighted by Gasteiger charge is 2.67. The molecule has 2 aromatic heterocycles. The Morgan fingerprint density at radius 3 is 2.68 bits per heavy atom. The standard InChI is InChI=1S/C22H29N5O10/c1-8(2)20(29)36-16-12(28)14(21(30)33-4)35-10-5-9-13(37-22(10,16)31)15(32-3)19(34-9)27-7-26-11-17(23)24-6-25-18(11)27/h6-10,12-16,19,28,31H,5H2,1-4H3,(H2,23,24,25)/t9-,10-,12-,13-,14+,15+,16+,19-,22+/m1/s1. The number of aliphatic hydroxyl groups is 2. The zero-order valence-electron chi connectivity index (χ0n) is 20.6. The lowest BCUT2D eigenvalue weighted by atomic mass is 9.84. The minimum absolute atomic E-state index is 0.0111. The van der Waals surface area contributed by atoms with Gasteiger partial charge < -0.3 is 44.4 Å². The second-order valence-electron chi connectivity index (χ2n) is 9.49. The van der Waals surface area contributed by atoms with Crippen molar-refractivity contribution in [2.24, 2.45) is 5.92 Å². The molecule has 2 aromatic rings. The summed E-state index contributed by atoms with van der Waals surface area (Å²) in [5.74, 6) is -4.33. The molecule has 0 bridgehead atoms. The molecule has 5 rings (SSSR count). The number of ether oxygens (including phenoxy) is 6. The highest BCUT2D eigenvalue weighted by atomic mass is 16.7. The number of aliphatic hydroxyl groups excluding tert-OH is 1. The lowest BCUT2D eigenvalue weighted by Gasteiger charge is -2.52. The third kappa shape index (κ3) is 4.02. The van der Waals surface area contributed by atoms with Gasteiger partial charge in [0.05, 0.1) is 25.5 Å². The van der Waals surface area contributed by atoms with Crippen molar-refractivity contribution in [1.82, 2.24) is 19.5 Å². The highest BCUT2D eigenvalue weighted by Crippen LogP contribution is 2.47. The number of hydrogen-bond donors (Lipinski definition) is 3. The number of hydrogen-bond acceptors (Lipinski definition) is 14. The third-order valence-corrected chi connectivity index (χ3v) is 6.94. The molecule has 5 heterocycles. The van der Waals surface area contributed by atoms with E-state index in [1.165, 1.54) is 19.8 Å². The van der Waals surface area contributed by atoms with Crippen LogP contribution in [0.2, 0.25) is 0 Å². The van der Waals surface area contributed by atoms with Gasteiger partial charge in [-0.1, -0.05) is 13.8 Å². The lowest BCUT2D eigenvalue weighted by Crippen LogP contribution is -2.73. The topological polar surface area (TPSA) is 200 Å². The first-order valence-corrected chi connectivity index (χ1v) is 11.7. The van der Waals surface area contributed by atoms with E-state index in [1.807, 2.05) is 0 Å². The summed E-state index contributed by atoms with van der Waals surface area (Å²) in [6, 6.07) is 0. The van der Waals surface area contributed by atoms with Gasteiger partial charge in [-0.3, -0.25) is 9.36 Å². The Hall–Kier alpha value is -2.95. The van der Waals surface area contributed by atoms with E-state index < -0.39 is 72.6 Å². The van der Waals surface area contributed by atoms with E-state index >= 15 is 0 Å². The Morgan fingerprint density at radius 2 is 2.00 bits per heavy atom. The molecule has 0 aliphatic carbocycles. The molecule has 4 N–H and O–H groups in total. The Balaban J connectivity index is 1.50. The lowest BCUT2D eigenvalue weighted by molar-refractivity contribution is -0.397. The summed E-state index contributed by atoms with van der Waals surface area (Å²) >= 11 is 0. The van der Waals surface area contributed by atoms with Crippen molar-refractivity contribution >= 4 is 28.9 Å². The molecular formula is C22H29N5O10.